The standard InChI is InChI=1S/C21H27NO2/c1-5-17-10-12-18(13-11-17)21(15(2)3)22-20(23)14-24-19-9-7-6-8-16(19)4/h6-13,15,21H,5,14H2,1-4H3,(H,22,23)/t21-/m0/s1. The smallest absolute Gasteiger partial charge is 0.258 e. The Labute approximate surface area is 145 Å². The highest BCUT2D eigenvalue weighted by Gasteiger charge is 2.18. The number of carbonyl (C=O) groups excluding carboxylic acids is 1. The summed E-state index contributed by atoms with van der Waals surface area (Å²) in [5.41, 5.74) is 3.46. The highest BCUT2D eigenvalue weighted by molar-refractivity contribution is 5.78. The maximum absolute atomic E-state index is 12.3. The zero-order valence-corrected chi connectivity index (χ0v) is 15.0. The molecule has 2 rings (SSSR count). The molecule has 0 aromatic heterocycles. The molecule has 0 unspecified atom stereocenters. The van der Waals surface area contributed by atoms with Gasteiger partial charge in [0, 0.05) is 0 Å². The van der Waals surface area contributed by atoms with E-state index in [1.807, 2.05) is 31.2 Å². The summed E-state index contributed by atoms with van der Waals surface area (Å²) in [4.78, 5) is 12.3. The molecule has 0 heterocycles. The summed E-state index contributed by atoms with van der Waals surface area (Å²) in [6.07, 6.45) is 1.02. The molecular weight excluding hydrogens is 298 g/mol. The minimum atomic E-state index is -0.100. The van der Waals surface area contributed by atoms with Crippen molar-refractivity contribution in [3.63, 3.8) is 0 Å². The maximum atomic E-state index is 12.3. The van der Waals surface area contributed by atoms with Crippen LogP contribution < -0.4 is 10.1 Å². The van der Waals surface area contributed by atoms with E-state index in [0.29, 0.717) is 5.92 Å². The van der Waals surface area contributed by atoms with Gasteiger partial charge in [-0.2, -0.15) is 0 Å². The zero-order chi connectivity index (χ0) is 17.5. The van der Waals surface area contributed by atoms with Gasteiger partial charge in [0.05, 0.1) is 6.04 Å². The average Bonchev–Trinajstić information content (AvgIpc) is 2.59. The van der Waals surface area contributed by atoms with Gasteiger partial charge in [-0.1, -0.05) is 63.2 Å². The fraction of sp³-hybridized carbons (Fsp3) is 0.381. The number of ether oxygens (including phenoxy) is 1. The lowest BCUT2D eigenvalue weighted by Crippen LogP contribution is -2.35. The van der Waals surface area contributed by atoms with Crippen molar-refractivity contribution in [2.24, 2.45) is 5.92 Å². The van der Waals surface area contributed by atoms with Gasteiger partial charge in [0.15, 0.2) is 6.61 Å². The minimum Gasteiger partial charge on any atom is -0.484 e. The fourth-order valence-electron chi connectivity index (χ4n) is 2.67. The van der Waals surface area contributed by atoms with Crippen molar-refractivity contribution >= 4 is 5.91 Å². The molecule has 0 aliphatic heterocycles. The molecule has 0 bridgehead atoms. The SMILES string of the molecule is CCc1ccc([C@@H](NC(=O)COc2ccccc2C)C(C)C)cc1. The van der Waals surface area contributed by atoms with Crippen LogP contribution in [-0.4, -0.2) is 12.5 Å². The van der Waals surface area contributed by atoms with Crippen LogP contribution in [0.3, 0.4) is 0 Å². The second kappa shape index (κ2) is 8.53. The first-order valence-corrected chi connectivity index (χ1v) is 8.58. The summed E-state index contributed by atoms with van der Waals surface area (Å²) < 4.78 is 5.64. The molecule has 0 saturated carbocycles. The molecule has 128 valence electrons. The van der Waals surface area contributed by atoms with Gasteiger partial charge in [-0.25, -0.2) is 0 Å². The van der Waals surface area contributed by atoms with Gasteiger partial charge >= 0.3 is 0 Å². The van der Waals surface area contributed by atoms with Gasteiger partial charge in [-0.15, -0.1) is 0 Å². The maximum Gasteiger partial charge on any atom is 0.258 e. The van der Waals surface area contributed by atoms with Crippen molar-refractivity contribution in [2.75, 3.05) is 6.61 Å². The highest BCUT2D eigenvalue weighted by Crippen LogP contribution is 2.22. The first-order chi connectivity index (χ1) is 11.5. The van der Waals surface area contributed by atoms with E-state index >= 15 is 0 Å². The predicted molar refractivity (Wildman–Crippen MR) is 98.2 cm³/mol. The van der Waals surface area contributed by atoms with E-state index in [1.165, 1.54) is 5.56 Å². The second-order valence-electron chi connectivity index (χ2n) is 6.44. The van der Waals surface area contributed by atoms with Crippen LogP contribution in [0, 0.1) is 12.8 Å². The number of carbonyl (C=O) groups is 1. The topological polar surface area (TPSA) is 38.3 Å². The number of amides is 1. The number of benzene rings is 2. The first-order valence-electron chi connectivity index (χ1n) is 8.58. The van der Waals surface area contributed by atoms with Crippen LogP contribution in [0.4, 0.5) is 0 Å². The van der Waals surface area contributed by atoms with Crippen LogP contribution in [0.5, 0.6) is 5.75 Å². The summed E-state index contributed by atoms with van der Waals surface area (Å²) in [7, 11) is 0. The molecule has 0 spiro atoms. The number of hydrogen-bond acceptors (Lipinski definition) is 2. The van der Waals surface area contributed by atoms with E-state index in [4.69, 9.17) is 4.74 Å². The molecule has 0 aliphatic rings. The van der Waals surface area contributed by atoms with E-state index < -0.39 is 0 Å². The molecule has 2 aromatic rings. The van der Waals surface area contributed by atoms with E-state index in [0.717, 1.165) is 23.3 Å². The van der Waals surface area contributed by atoms with Gasteiger partial charge in [0.25, 0.3) is 5.91 Å². The summed E-state index contributed by atoms with van der Waals surface area (Å²) in [6.45, 7) is 8.36. The van der Waals surface area contributed by atoms with Crippen LogP contribution >= 0.6 is 0 Å². The van der Waals surface area contributed by atoms with Gasteiger partial charge in [-0.3, -0.25) is 4.79 Å². The van der Waals surface area contributed by atoms with E-state index in [9.17, 15) is 4.79 Å². The molecule has 24 heavy (non-hydrogen) atoms. The Hall–Kier alpha value is -2.29. The summed E-state index contributed by atoms with van der Waals surface area (Å²) in [6, 6.07) is 16.2. The number of hydrogen-bond donors (Lipinski definition) is 1. The third-order valence-electron chi connectivity index (χ3n) is 4.18. The number of aryl methyl sites for hydroxylation is 2. The Kier molecular flexibility index (Phi) is 6.42. The lowest BCUT2D eigenvalue weighted by molar-refractivity contribution is -0.124. The largest absolute Gasteiger partial charge is 0.484 e. The molecule has 3 nitrogen and oxygen atoms in total. The lowest BCUT2D eigenvalue weighted by Gasteiger charge is -2.23. The molecule has 1 amide bonds. The monoisotopic (exact) mass is 325 g/mol. The molecular formula is C21H27NO2. The molecule has 0 radical (unpaired) electrons. The second-order valence-corrected chi connectivity index (χ2v) is 6.44. The number of nitrogens with one attached hydrogen (secondary N) is 1. The number of rotatable bonds is 7. The summed E-state index contributed by atoms with van der Waals surface area (Å²) in [5.74, 6) is 0.956. The molecule has 2 aromatic carbocycles. The summed E-state index contributed by atoms with van der Waals surface area (Å²) >= 11 is 0. The van der Waals surface area contributed by atoms with Crippen LogP contribution in [0.25, 0.3) is 0 Å². The van der Waals surface area contributed by atoms with Crippen molar-refractivity contribution in [1.29, 1.82) is 0 Å². The fourth-order valence-corrected chi connectivity index (χ4v) is 2.67. The predicted octanol–water partition coefficient (Wildman–Crippen LogP) is 4.45. The van der Waals surface area contributed by atoms with Crippen molar-refractivity contribution in [3.05, 3.63) is 65.2 Å². The Morgan fingerprint density at radius 2 is 1.75 bits per heavy atom. The van der Waals surface area contributed by atoms with Gasteiger partial charge in [0.2, 0.25) is 0 Å². The van der Waals surface area contributed by atoms with Crippen molar-refractivity contribution in [2.45, 2.75) is 40.2 Å². The Morgan fingerprint density at radius 3 is 2.33 bits per heavy atom. The molecule has 0 fully saturated rings. The van der Waals surface area contributed by atoms with E-state index in [2.05, 4.69) is 50.4 Å². The van der Waals surface area contributed by atoms with E-state index in [1.54, 1.807) is 0 Å². The van der Waals surface area contributed by atoms with Crippen LogP contribution in [-0.2, 0) is 11.2 Å². The van der Waals surface area contributed by atoms with Crippen molar-refractivity contribution < 1.29 is 9.53 Å². The Balaban J connectivity index is 1.99. The van der Waals surface area contributed by atoms with Crippen LogP contribution in [0.15, 0.2) is 48.5 Å². The van der Waals surface area contributed by atoms with Gasteiger partial charge < -0.3 is 10.1 Å². The normalized spacial score (nSPS) is 12.0. The Bertz CT molecular complexity index is 662. The molecule has 0 aliphatic carbocycles. The molecule has 3 heteroatoms. The highest BCUT2D eigenvalue weighted by atomic mass is 16.5. The summed E-state index contributed by atoms with van der Waals surface area (Å²) in [5, 5.41) is 3.10. The average molecular weight is 325 g/mol. The van der Waals surface area contributed by atoms with Gasteiger partial charge in [0.1, 0.15) is 5.75 Å². The van der Waals surface area contributed by atoms with E-state index in [-0.39, 0.29) is 18.6 Å². The van der Waals surface area contributed by atoms with Crippen molar-refractivity contribution in [3.8, 4) is 5.75 Å². The molecule has 1 atom stereocenters. The lowest BCUT2D eigenvalue weighted by atomic mass is 9.95. The third-order valence-corrected chi connectivity index (χ3v) is 4.18. The Morgan fingerprint density at radius 1 is 1.08 bits per heavy atom. The first kappa shape index (κ1) is 18.1. The minimum absolute atomic E-state index is 0.0103. The third kappa shape index (κ3) is 4.85. The quantitative estimate of drug-likeness (QED) is 0.817. The molecule has 1 N–H and O–H groups in total. The van der Waals surface area contributed by atoms with Gasteiger partial charge in [-0.05, 0) is 42.0 Å². The number of para-hydroxylation sites is 1. The van der Waals surface area contributed by atoms with Crippen LogP contribution in [0.1, 0.15) is 43.5 Å². The molecule has 0 saturated heterocycles. The van der Waals surface area contributed by atoms with Crippen molar-refractivity contribution in [1.82, 2.24) is 5.32 Å². The van der Waals surface area contributed by atoms with Crippen LogP contribution in [0.2, 0.25) is 0 Å². The zero-order valence-electron chi connectivity index (χ0n) is 15.0.